The lowest BCUT2D eigenvalue weighted by atomic mass is 10.3. The molecule has 0 aliphatic heterocycles. The average Bonchev–Trinajstić information content (AvgIpc) is 3.00. The van der Waals surface area contributed by atoms with E-state index in [1.165, 1.54) is 11.3 Å². The Hall–Kier alpha value is -1.33. The van der Waals surface area contributed by atoms with E-state index in [1.807, 2.05) is 12.3 Å². The molecule has 0 aliphatic rings. The van der Waals surface area contributed by atoms with Crippen molar-refractivity contribution in [3.05, 3.63) is 40.2 Å². The zero-order chi connectivity index (χ0) is 12.3. The van der Waals surface area contributed by atoms with E-state index in [4.69, 9.17) is 16.0 Å². The lowest BCUT2D eigenvalue weighted by Crippen LogP contribution is -2.26. The summed E-state index contributed by atoms with van der Waals surface area (Å²) in [5.41, 5.74) is 0. The molecule has 0 saturated carbocycles. The minimum atomic E-state index is -0.260. The molecule has 1 amide bonds. The van der Waals surface area contributed by atoms with Crippen LogP contribution in [0.5, 0.6) is 0 Å². The summed E-state index contributed by atoms with van der Waals surface area (Å²) >= 11 is 7.10. The zero-order valence-electron chi connectivity index (χ0n) is 9.14. The number of carbonyl (C=O) groups excluding carboxylic acids is 1. The third kappa shape index (κ3) is 2.87. The number of nitrogens with one attached hydrogen (secondary N) is 1. The second-order valence-electron chi connectivity index (χ2n) is 3.47. The minimum Gasteiger partial charge on any atom is -0.455 e. The van der Waals surface area contributed by atoms with E-state index in [0.29, 0.717) is 5.76 Å². The first-order valence-corrected chi connectivity index (χ1v) is 6.47. The van der Waals surface area contributed by atoms with Gasteiger partial charge in [-0.05, 0) is 19.1 Å². The number of hydrogen-bond donors (Lipinski definition) is 1. The molecule has 0 aromatic carbocycles. The number of halogens is 1. The average molecular weight is 271 g/mol. The van der Waals surface area contributed by atoms with Gasteiger partial charge in [0.25, 0.3) is 5.91 Å². The monoisotopic (exact) mass is 270 g/mol. The van der Waals surface area contributed by atoms with Gasteiger partial charge in [-0.2, -0.15) is 0 Å². The summed E-state index contributed by atoms with van der Waals surface area (Å²) in [4.78, 5) is 15.9. The molecule has 6 heteroatoms. The SMILES string of the molecule is CC(NC(=O)c1ccc(CCl)o1)c1nccs1. The molecule has 0 radical (unpaired) electrons. The highest BCUT2D eigenvalue weighted by atomic mass is 35.5. The molecule has 1 atom stereocenters. The molecule has 2 rings (SSSR count). The van der Waals surface area contributed by atoms with Gasteiger partial charge in [-0.15, -0.1) is 22.9 Å². The predicted octanol–water partition coefficient (Wildman–Crippen LogP) is 2.97. The number of aromatic nitrogens is 1. The molecule has 1 unspecified atom stereocenters. The fourth-order valence-electron chi connectivity index (χ4n) is 1.35. The van der Waals surface area contributed by atoms with Crippen molar-refractivity contribution in [2.45, 2.75) is 18.8 Å². The third-order valence-electron chi connectivity index (χ3n) is 2.19. The van der Waals surface area contributed by atoms with Crippen molar-refractivity contribution < 1.29 is 9.21 Å². The number of carbonyl (C=O) groups is 1. The Kier molecular flexibility index (Phi) is 3.81. The Bertz CT molecular complexity index is 495. The molecule has 0 aliphatic carbocycles. The van der Waals surface area contributed by atoms with Crippen LogP contribution in [0.3, 0.4) is 0 Å². The van der Waals surface area contributed by atoms with Crippen LogP contribution < -0.4 is 5.32 Å². The quantitative estimate of drug-likeness (QED) is 0.869. The van der Waals surface area contributed by atoms with Gasteiger partial charge in [0.15, 0.2) is 5.76 Å². The first-order chi connectivity index (χ1) is 8.20. The largest absolute Gasteiger partial charge is 0.455 e. The topological polar surface area (TPSA) is 55.1 Å². The Morgan fingerprint density at radius 2 is 2.47 bits per heavy atom. The molecule has 4 nitrogen and oxygen atoms in total. The Balaban J connectivity index is 2.01. The molecule has 0 spiro atoms. The van der Waals surface area contributed by atoms with Gasteiger partial charge in [-0.1, -0.05) is 0 Å². The number of thiazole rings is 1. The first-order valence-electron chi connectivity index (χ1n) is 5.05. The third-order valence-corrected chi connectivity index (χ3v) is 3.41. The van der Waals surface area contributed by atoms with E-state index in [0.717, 1.165) is 5.01 Å². The molecular weight excluding hydrogens is 260 g/mol. The molecule has 2 aromatic heterocycles. The van der Waals surface area contributed by atoms with Crippen molar-refractivity contribution in [2.75, 3.05) is 0 Å². The van der Waals surface area contributed by atoms with E-state index in [-0.39, 0.29) is 23.6 Å². The number of amides is 1. The molecule has 0 fully saturated rings. The van der Waals surface area contributed by atoms with Crippen LogP contribution in [0.1, 0.15) is 34.3 Å². The van der Waals surface area contributed by atoms with Gasteiger partial charge in [0, 0.05) is 11.6 Å². The summed E-state index contributed by atoms with van der Waals surface area (Å²) in [6.45, 7) is 1.88. The maximum atomic E-state index is 11.8. The van der Waals surface area contributed by atoms with Gasteiger partial charge in [-0.25, -0.2) is 4.98 Å². The Labute approximate surface area is 108 Å². The van der Waals surface area contributed by atoms with Crippen molar-refractivity contribution in [1.82, 2.24) is 10.3 Å². The number of hydrogen-bond acceptors (Lipinski definition) is 4. The zero-order valence-corrected chi connectivity index (χ0v) is 10.7. The minimum absolute atomic E-state index is 0.132. The molecule has 0 bridgehead atoms. The van der Waals surface area contributed by atoms with Crippen molar-refractivity contribution in [2.24, 2.45) is 0 Å². The van der Waals surface area contributed by atoms with Gasteiger partial charge in [0.05, 0.1) is 11.9 Å². The molecule has 1 N–H and O–H groups in total. The summed E-state index contributed by atoms with van der Waals surface area (Å²) in [7, 11) is 0. The number of furan rings is 1. The van der Waals surface area contributed by atoms with E-state index in [2.05, 4.69) is 10.3 Å². The van der Waals surface area contributed by atoms with Gasteiger partial charge < -0.3 is 9.73 Å². The van der Waals surface area contributed by atoms with Crippen LogP contribution >= 0.6 is 22.9 Å². The highest BCUT2D eigenvalue weighted by Crippen LogP contribution is 2.16. The molecule has 17 heavy (non-hydrogen) atoms. The summed E-state index contributed by atoms with van der Waals surface area (Å²) in [5, 5.41) is 5.54. The van der Waals surface area contributed by atoms with E-state index < -0.39 is 0 Å². The lowest BCUT2D eigenvalue weighted by Gasteiger charge is -2.09. The molecule has 90 valence electrons. The number of rotatable bonds is 4. The van der Waals surface area contributed by atoms with Crippen LogP contribution in [0.25, 0.3) is 0 Å². The van der Waals surface area contributed by atoms with E-state index >= 15 is 0 Å². The Morgan fingerprint density at radius 1 is 1.65 bits per heavy atom. The van der Waals surface area contributed by atoms with Gasteiger partial charge >= 0.3 is 0 Å². The van der Waals surface area contributed by atoms with Gasteiger partial charge in [-0.3, -0.25) is 4.79 Å². The molecular formula is C11H11ClN2O2S. The molecule has 2 aromatic rings. The summed E-state index contributed by atoms with van der Waals surface area (Å²) in [5.74, 6) is 0.849. The van der Waals surface area contributed by atoms with Crippen molar-refractivity contribution >= 4 is 28.8 Å². The second-order valence-corrected chi connectivity index (χ2v) is 4.66. The van der Waals surface area contributed by atoms with Crippen LogP contribution in [0.4, 0.5) is 0 Å². The summed E-state index contributed by atoms with van der Waals surface area (Å²) in [6, 6.07) is 3.17. The van der Waals surface area contributed by atoms with E-state index in [9.17, 15) is 4.79 Å². The van der Waals surface area contributed by atoms with Gasteiger partial charge in [0.1, 0.15) is 10.8 Å². The molecule has 2 heterocycles. The fraction of sp³-hybridized carbons (Fsp3) is 0.273. The fourth-order valence-corrected chi connectivity index (χ4v) is 2.14. The lowest BCUT2D eigenvalue weighted by molar-refractivity contribution is 0.0910. The highest BCUT2D eigenvalue weighted by Gasteiger charge is 2.15. The van der Waals surface area contributed by atoms with Crippen LogP contribution in [-0.2, 0) is 5.88 Å². The second kappa shape index (κ2) is 5.33. The predicted molar refractivity (Wildman–Crippen MR) is 66.3 cm³/mol. The van der Waals surface area contributed by atoms with Gasteiger partial charge in [0.2, 0.25) is 0 Å². The van der Waals surface area contributed by atoms with Crippen LogP contribution in [0, 0.1) is 0 Å². The normalized spacial score (nSPS) is 12.4. The van der Waals surface area contributed by atoms with Crippen LogP contribution in [0.2, 0.25) is 0 Å². The highest BCUT2D eigenvalue weighted by molar-refractivity contribution is 7.09. The van der Waals surface area contributed by atoms with Crippen LogP contribution in [-0.4, -0.2) is 10.9 Å². The number of alkyl halides is 1. The maximum Gasteiger partial charge on any atom is 0.287 e. The molecule has 0 saturated heterocycles. The van der Waals surface area contributed by atoms with Crippen molar-refractivity contribution in [3.63, 3.8) is 0 Å². The van der Waals surface area contributed by atoms with E-state index in [1.54, 1.807) is 18.3 Å². The smallest absolute Gasteiger partial charge is 0.287 e. The van der Waals surface area contributed by atoms with Crippen molar-refractivity contribution in [3.8, 4) is 0 Å². The standard InChI is InChI=1S/C11H11ClN2O2S/c1-7(11-13-4-5-17-11)14-10(15)9-3-2-8(6-12)16-9/h2-5,7H,6H2,1H3,(H,14,15). The summed E-state index contributed by atoms with van der Waals surface area (Å²) < 4.78 is 5.25. The number of nitrogens with zero attached hydrogens (tertiary/aromatic N) is 1. The first kappa shape index (κ1) is 12.1. The van der Waals surface area contributed by atoms with Crippen LogP contribution in [0.15, 0.2) is 28.1 Å². The Morgan fingerprint density at radius 3 is 3.06 bits per heavy atom. The maximum absolute atomic E-state index is 11.8. The van der Waals surface area contributed by atoms with Crippen molar-refractivity contribution in [1.29, 1.82) is 0 Å². The summed E-state index contributed by atoms with van der Waals surface area (Å²) in [6.07, 6.45) is 1.71.